The van der Waals surface area contributed by atoms with E-state index in [-0.39, 0.29) is 17.1 Å². The van der Waals surface area contributed by atoms with Crippen molar-refractivity contribution >= 4 is 17.3 Å². The van der Waals surface area contributed by atoms with Crippen molar-refractivity contribution in [1.29, 1.82) is 0 Å². The molecule has 0 bridgehead atoms. The van der Waals surface area contributed by atoms with Gasteiger partial charge in [-0.1, -0.05) is 35.9 Å². The maximum atomic E-state index is 14.3. The summed E-state index contributed by atoms with van der Waals surface area (Å²) in [7, 11) is 1.59. The Kier molecular flexibility index (Phi) is 7.56. The van der Waals surface area contributed by atoms with Crippen molar-refractivity contribution in [1.82, 2.24) is 9.47 Å². The highest BCUT2D eigenvalue weighted by atomic mass is 35.5. The van der Waals surface area contributed by atoms with Gasteiger partial charge in [0.25, 0.3) is 5.56 Å². The van der Waals surface area contributed by atoms with Crippen molar-refractivity contribution in [3.8, 4) is 5.75 Å². The zero-order valence-electron chi connectivity index (χ0n) is 19.4. The zero-order chi connectivity index (χ0) is 24.2. The Hall–Kier alpha value is -2.87. The molecule has 0 saturated carbocycles. The fourth-order valence-electron chi connectivity index (χ4n) is 4.65. The summed E-state index contributed by atoms with van der Waals surface area (Å²) < 4.78 is 21.1. The summed E-state index contributed by atoms with van der Waals surface area (Å²) in [5.74, 6) is -0.294. The first-order valence-corrected chi connectivity index (χ1v) is 11.7. The number of nitrogens with zero attached hydrogens (tertiary/aromatic N) is 3. The van der Waals surface area contributed by atoms with Gasteiger partial charge in [0.15, 0.2) is 0 Å². The average molecular weight is 486 g/mol. The Bertz CT molecular complexity index is 1210. The van der Waals surface area contributed by atoms with Crippen LogP contribution in [0.1, 0.15) is 22.9 Å². The minimum Gasteiger partial charge on any atom is -0.507 e. The molecule has 0 radical (unpaired) electrons. The van der Waals surface area contributed by atoms with E-state index in [1.807, 2.05) is 29.2 Å². The molecule has 180 valence electrons. The summed E-state index contributed by atoms with van der Waals surface area (Å²) in [6.07, 6.45) is 0. The second-order valence-electron chi connectivity index (χ2n) is 8.47. The van der Waals surface area contributed by atoms with Crippen LogP contribution in [0.4, 0.5) is 10.1 Å². The Morgan fingerprint density at radius 1 is 1.09 bits per heavy atom. The number of ether oxygens (including phenoxy) is 1. The van der Waals surface area contributed by atoms with E-state index in [1.165, 1.54) is 6.07 Å². The Labute approximate surface area is 203 Å². The quantitative estimate of drug-likeness (QED) is 0.543. The van der Waals surface area contributed by atoms with Crippen LogP contribution < -0.4 is 10.5 Å². The minimum atomic E-state index is -0.497. The minimum absolute atomic E-state index is 0.0438. The van der Waals surface area contributed by atoms with Crippen LogP contribution in [0.2, 0.25) is 5.02 Å². The van der Waals surface area contributed by atoms with Crippen LogP contribution >= 0.6 is 11.6 Å². The molecule has 0 aliphatic carbocycles. The monoisotopic (exact) mass is 485 g/mol. The fourth-order valence-corrected chi connectivity index (χ4v) is 4.85. The lowest BCUT2D eigenvalue weighted by Crippen LogP contribution is -2.49. The van der Waals surface area contributed by atoms with Gasteiger partial charge in [-0.3, -0.25) is 9.69 Å². The van der Waals surface area contributed by atoms with Crippen LogP contribution in [0.15, 0.2) is 59.4 Å². The smallest absolute Gasteiger partial charge is 0.259 e. The molecule has 0 spiro atoms. The third kappa shape index (κ3) is 4.97. The fraction of sp³-hybridized carbons (Fsp3) is 0.346. The highest BCUT2D eigenvalue weighted by molar-refractivity contribution is 6.30. The number of para-hydroxylation sites is 1. The number of pyridine rings is 1. The molecule has 2 aromatic carbocycles. The van der Waals surface area contributed by atoms with Gasteiger partial charge in [-0.2, -0.15) is 0 Å². The Morgan fingerprint density at radius 2 is 1.82 bits per heavy atom. The predicted molar refractivity (Wildman–Crippen MR) is 132 cm³/mol. The maximum absolute atomic E-state index is 14.3. The molecule has 6 nitrogen and oxygen atoms in total. The van der Waals surface area contributed by atoms with E-state index in [0.717, 1.165) is 5.56 Å². The summed E-state index contributed by atoms with van der Waals surface area (Å²) in [6, 6.07) is 15.2. The molecule has 1 aromatic heterocycles. The largest absolute Gasteiger partial charge is 0.507 e. The molecular formula is C26H29ClFN3O3. The molecule has 1 saturated heterocycles. The van der Waals surface area contributed by atoms with Gasteiger partial charge in [-0.25, -0.2) is 4.39 Å². The molecule has 1 atom stereocenters. The van der Waals surface area contributed by atoms with E-state index in [1.54, 1.807) is 42.9 Å². The third-order valence-electron chi connectivity index (χ3n) is 6.35. The highest BCUT2D eigenvalue weighted by Crippen LogP contribution is 2.35. The number of piperazine rings is 1. The first-order valence-electron chi connectivity index (χ1n) is 11.3. The van der Waals surface area contributed by atoms with Crippen LogP contribution in [0.25, 0.3) is 0 Å². The number of hydrogen-bond acceptors (Lipinski definition) is 5. The van der Waals surface area contributed by atoms with E-state index in [2.05, 4.69) is 4.90 Å². The predicted octanol–water partition coefficient (Wildman–Crippen LogP) is 4.21. The van der Waals surface area contributed by atoms with Crippen molar-refractivity contribution in [2.75, 3.05) is 44.8 Å². The van der Waals surface area contributed by atoms with Gasteiger partial charge >= 0.3 is 0 Å². The number of rotatable bonds is 7. The number of aryl methyl sites for hydroxylation is 1. The first-order chi connectivity index (χ1) is 16.4. The van der Waals surface area contributed by atoms with E-state index in [4.69, 9.17) is 16.3 Å². The number of halogens is 2. The summed E-state index contributed by atoms with van der Waals surface area (Å²) in [6.45, 7) is 4.89. The van der Waals surface area contributed by atoms with Crippen molar-refractivity contribution in [2.24, 2.45) is 0 Å². The second-order valence-corrected chi connectivity index (χ2v) is 8.90. The molecule has 1 aliphatic rings. The van der Waals surface area contributed by atoms with E-state index in [9.17, 15) is 14.3 Å². The number of methoxy groups -OCH3 is 1. The second kappa shape index (κ2) is 10.6. The highest BCUT2D eigenvalue weighted by Gasteiger charge is 2.32. The van der Waals surface area contributed by atoms with Crippen LogP contribution in [-0.4, -0.2) is 54.5 Å². The number of benzene rings is 2. The molecule has 1 N–H and O–H groups in total. The SMILES string of the molecule is COCCn1c(C)cc(O)c([C@H](c2cccc(Cl)c2)N2CCN(c3ccccc3F)CC2)c1=O. The van der Waals surface area contributed by atoms with Crippen LogP contribution in [0.3, 0.4) is 0 Å². The lowest BCUT2D eigenvalue weighted by molar-refractivity contribution is 0.183. The molecule has 8 heteroatoms. The topological polar surface area (TPSA) is 57.9 Å². The molecule has 1 fully saturated rings. The first kappa shape index (κ1) is 24.3. The molecule has 34 heavy (non-hydrogen) atoms. The molecule has 1 aliphatic heterocycles. The number of aromatic hydroxyl groups is 1. The van der Waals surface area contributed by atoms with Gasteiger partial charge in [-0.05, 0) is 42.8 Å². The van der Waals surface area contributed by atoms with Crippen LogP contribution in [0.5, 0.6) is 5.75 Å². The molecule has 4 rings (SSSR count). The summed E-state index contributed by atoms with van der Waals surface area (Å²) >= 11 is 6.31. The standard InChI is InChI=1S/C26H29ClFN3O3/c1-18-16-23(32)24(26(33)31(18)14-15-34-2)25(19-6-5-7-20(27)17-19)30-12-10-29(11-13-30)22-9-4-3-8-21(22)28/h3-9,16-17,25,32H,10-15H2,1-2H3/t25-/m0/s1. The van der Waals surface area contributed by atoms with E-state index < -0.39 is 6.04 Å². The van der Waals surface area contributed by atoms with Gasteiger partial charge in [0, 0.05) is 50.6 Å². The number of aromatic nitrogens is 1. The van der Waals surface area contributed by atoms with Gasteiger partial charge in [0.1, 0.15) is 11.6 Å². The average Bonchev–Trinajstić information content (AvgIpc) is 2.82. The Balaban J connectivity index is 1.73. The summed E-state index contributed by atoms with van der Waals surface area (Å²) in [4.78, 5) is 17.8. The number of anilines is 1. The van der Waals surface area contributed by atoms with Gasteiger partial charge in [-0.15, -0.1) is 0 Å². The molecular weight excluding hydrogens is 457 g/mol. The lowest BCUT2D eigenvalue weighted by Gasteiger charge is -2.40. The van der Waals surface area contributed by atoms with Crippen molar-refractivity contribution in [3.05, 3.63) is 92.6 Å². The van der Waals surface area contributed by atoms with Crippen LogP contribution in [-0.2, 0) is 11.3 Å². The van der Waals surface area contributed by atoms with Crippen molar-refractivity contribution < 1.29 is 14.2 Å². The zero-order valence-corrected chi connectivity index (χ0v) is 20.1. The number of hydrogen-bond donors (Lipinski definition) is 1. The molecule has 0 amide bonds. The van der Waals surface area contributed by atoms with Crippen LogP contribution in [0, 0.1) is 12.7 Å². The van der Waals surface area contributed by atoms with Crippen molar-refractivity contribution in [3.63, 3.8) is 0 Å². The van der Waals surface area contributed by atoms with Gasteiger partial charge in [0.05, 0.1) is 23.9 Å². The maximum Gasteiger partial charge on any atom is 0.259 e. The van der Waals surface area contributed by atoms with Gasteiger partial charge in [0.2, 0.25) is 0 Å². The third-order valence-corrected chi connectivity index (χ3v) is 6.59. The summed E-state index contributed by atoms with van der Waals surface area (Å²) in [5, 5.41) is 11.5. The lowest BCUT2D eigenvalue weighted by atomic mass is 9.96. The van der Waals surface area contributed by atoms with Crippen molar-refractivity contribution in [2.45, 2.75) is 19.5 Å². The Morgan fingerprint density at radius 3 is 2.50 bits per heavy atom. The van der Waals surface area contributed by atoms with Gasteiger partial charge < -0.3 is 19.3 Å². The summed E-state index contributed by atoms with van der Waals surface area (Å²) in [5.41, 5.74) is 2.11. The molecule has 3 aromatic rings. The van der Waals surface area contributed by atoms with E-state index >= 15 is 0 Å². The molecule has 2 heterocycles. The van der Waals surface area contributed by atoms with E-state index in [0.29, 0.717) is 61.3 Å². The molecule has 0 unspecified atom stereocenters. The normalized spacial score (nSPS) is 15.5.